The second kappa shape index (κ2) is 6.68. The molecule has 132 valence electrons. The van der Waals surface area contributed by atoms with Gasteiger partial charge in [0, 0.05) is 36.4 Å². The summed E-state index contributed by atoms with van der Waals surface area (Å²) in [5.74, 6) is -1.32. The van der Waals surface area contributed by atoms with Gasteiger partial charge in [0.15, 0.2) is 0 Å². The van der Waals surface area contributed by atoms with E-state index < -0.39 is 59.4 Å². The maximum Gasteiger partial charge on any atom is 0.281 e. The zero-order valence-corrected chi connectivity index (χ0v) is 12.4. The van der Waals surface area contributed by atoms with Crippen LogP contribution >= 0.6 is 0 Å². The molecule has 2 aromatic carbocycles. The van der Waals surface area contributed by atoms with Crippen LogP contribution in [0.5, 0.6) is 0 Å². The Kier molecular flexibility index (Phi) is 4.64. The maximum atomic E-state index is 12.6. The minimum atomic E-state index is -1.32. The van der Waals surface area contributed by atoms with Crippen LogP contribution in [-0.2, 0) is 0 Å². The van der Waals surface area contributed by atoms with Crippen LogP contribution in [0.3, 0.4) is 0 Å². The molecule has 0 aliphatic heterocycles. The lowest BCUT2D eigenvalue weighted by molar-refractivity contribution is -0.389. The van der Waals surface area contributed by atoms with E-state index in [-0.39, 0.29) is 0 Å². The molecule has 0 saturated carbocycles. The predicted molar refractivity (Wildman–Crippen MR) is 82.9 cm³/mol. The normalized spacial score (nSPS) is 10.2. The molecule has 0 heterocycles. The Morgan fingerprint density at radius 2 is 0.962 bits per heavy atom. The Labute approximate surface area is 142 Å². The summed E-state index contributed by atoms with van der Waals surface area (Å²) in [7, 11) is 0. The number of ketones is 1. The third-order valence-corrected chi connectivity index (χ3v) is 3.26. The molecule has 13 nitrogen and oxygen atoms in total. The molecule has 0 spiro atoms. The summed E-state index contributed by atoms with van der Waals surface area (Å²) in [6, 6.07) is 4.16. The summed E-state index contributed by atoms with van der Waals surface area (Å²) in [6.45, 7) is 0. The van der Waals surface area contributed by atoms with Gasteiger partial charge in [0.25, 0.3) is 22.7 Å². The summed E-state index contributed by atoms with van der Waals surface area (Å²) in [6.07, 6.45) is 0. The van der Waals surface area contributed by atoms with Crippen molar-refractivity contribution in [3.63, 3.8) is 0 Å². The van der Waals surface area contributed by atoms with Crippen molar-refractivity contribution < 1.29 is 24.5 Å². The molecule has 0 aromatic heterocycles. The average molecular weight is 362 g/mol. The minimum absolute atomic E-state index is 0.586. The van der Waals surface area contributed by atoms with Gasteiger partial charge >= 0.3 is 0 Å². The third kappa shape index (κ3) is 3.30. The Morgan fingerprint density at radius 3 is 1.23 bits per heavy atom. The second-order valence-corrected chi connectivity index (χ2v) is 4.76. The van der Waals surface area contributed by atoms with Crippen LogP contribution < -0.4 is 0 Å². The van der Waals surface area contributed by atoms with Gasteiger partial charge in [-0.15, -0.1) is 0 Å². The molecule has 0 amide bonds. The first kappa shape index (κ1) is 18.1. The molecular weight excluding hydrogens is 356 g/mol. The van der Waals surface area contributed by atoms with E-state index in [1.54, 1.807) is 0 Å². The largest absolute Gasteiger partial charge is 0.288 e. The quantitative estimate of drug-likeness (QED) is 0.422. The molecular formula is C13H6N4O9. The highest BCUT2D eigenvalue weighted by molar-refractivity contribution is 6.14. The number of rotatable bonds is 6. The van der Waals surface area contributed by atoms with Crippen LogP contribution in [0.1, 0.15) is 15.9 Å². The van der Waals surface area contributed by atoms with Crippen LogP contribution in [0.2, 0.25) is 0 Å². The molecule has 26 heavy (non-hydrogen) atoms. The van der Waals surface area contributed by atoms with Crippen molar-refractivity contribution in [1.82, 2.24) is 0 Å². The van der Waals surface area contributed by atoms with Crippen molar-refractivity contribution in [3.8, 4) is 0 Å². The number of carbonyl (C=O) groups excluding carboxylic acids is 1. The Balaban J connectivity index is 2.76. The van der Waals surface area contributed by atoms with Gasteiger partial charge in [-0.05, 0) is 0 Å². The standard InChI is InChI=1S/C13H6N4O9/c18-13(9-5-7(14(19)20)1-3-11(9)16(23)24)10-6-8(15(21)22)2-4-12(10)17(25)26/h1-6H. The number of carbonyl (C=O) groups is 1. The van der Waals surface area contributed by atoms with E-state index in [2.05, 4.69) is 0 Å². The van der Waals surface area contributed by atoms with Crippen molar-refractivity contribution >= 4 is 28.5 Å². The minimum Gasteiger partial charge on any atom is -0.288 e. The molecule has 0 radical (unpaired) electrons. The Morgan fingerprint density at radius 1 is 0.615 bits per heavy atom. The first-order valence-corrected chi connectivity index (χ1v) is 6.54. The predicted octanol–water partition coefficient (Wildman–Crippen LogP) is 2.55. The monoisotopic (exact) mass is 362 g/mol. The lowest BCUT2D eigenvalue weighted by Gasteiger charge is -2.04. The molecule has 0 bridgehead atoms. The van der Waals surface area contributed by atoms with E-state index in [9.17, 15) is 45.3 Å². The van der Waals surface area contributed by atoms with E-state index >= 15 is 0 Å². The SMILES string of the molecule is O=C(c1cc([N+](=O)[O-])ccc1[N+](=O)[O-])c1cc([N+](=O)[O-])ccc1[N+](=O)[O-]. The number of benzene rings is 2. The molecule has 13 heteroatoms. The van der Waals surface area contributed by atoms with E-state index in [1.165, 1.54) is 0 Å². The Hall–Kier alpha value is -4.29. The van der Waals surface area contributed by atoms with Gasteiger partial charge in [-0.2, -0.15) is 0 Å². The van der Waals surface area contributed by atoms with Crippen molar-refractivity contribution in [3.05, 3.63) is 88.0 Å². The molecule has 2 rings (SSSR count). The van der Waals surface area contributed by atoms with Crippen LogP contribution in [0.15, 0.2) is 36.4 Å². The molecule has 0 saturated heterocycles. The second-order valence-electron chi connectivity index (χ2n) is 4.76. The van der Waals surface area contributed by atoms with Gasteiger partial charge in [-0.25, -0.2) is 0 Å². The van der Waals surface area contributed by atoms with E-state index in [4.69, 9.17) is 0 Å². The number of hydrogen-bond acceptors (Lipinski definition) is 9. The molecule has 0 unspecified atom stereocenters. The summed E-state index contributed by atoms with van der Waals surface area (Å²) >= 11 is 0. The molecule has 0 fully saturated rings. The smallest absolute Gasteiger partial charge is 0.281 e. The fraction of sp³-hybridized carbons (Fsp3) is 0. The highest BCUT2D eigenvalue weighted by Gasteiger charge is 2.30. The Bertz CT molecular complexity index is 908. The summed E-state index contributed by atoms with van der Waals surface area (Å²) < 4.78 is 0. The van der Waals surface area contributed by atoms with Gasteiger partial charge in [0.2, 0.25) is 5.78 Å². The van der Waals surface area contributed by atoms with Crippen molar-refractivity contribution in [2.75, 3.05) is 0 Å². The topological polar surface area (TPSA) is 190 Å². The number of non-ortho nitro benzene ring substituents is 2. The van der Waals surface area contributed by atoms with Gasteiger partial charge < -0.3 is 0 Å². The third-order valence-electron chi connectivity index (χ3n) is 3.26. The van der Waals surface area contributed by atoms with Gasteiger partial charge in [-0.3, -0.25) is 45.3 Å². The molecule has 0 aliphatic carbocycles. The van der Waals surface area contributed by atoms with Crippen LogP contribution in [-0.4, -0.2) is 25.5 Å². The first-order chi connectivity index (χ1) is 12.1. The highest BCUT2D eigenvalue weighted by atomic mass is 16.6. The number of hydrogen-bond donors (Lipinski definition) is 0. The lowest BCUT2D eigenvalue weighted by atomic mass is 9.99. The zero-order valence-electron chi connectivity index (χ0n) is 12.4. The number of nitrogens with zero attached hydrogens (tertiary/aromatic N) is 4. The van der Waals surface area contributed by atoms with Gasteiger partial charge in [0.1, 0.15) is 11.1 Å². The summed E-state index contributed by atoms with van der Waals surface area (Å²) in [5, 5.41) is 43.8. The van der Waals surface area contributed by atoms with E-state index in [0.717, 1.165) is 12.1 Å². The van der Waals surface area contributed by atoms with Crippen molar-refractivity contribution in [2.24, 2.45) is 0 Å². The summed E-state index contributed by atoms with van der Waals surface area (Å²) in [4.78, 5) is 52.6. The van der Waals surface area contributed by atoms with Crippen molar-refractivity contribution in [2.45, 2.75) is 0 Å². The van der Waals surface area contributed by atoms with Crippen molar-refractivity contribution in [1.29, 1.82) is 0 Å². The number of nitro benzene ring substituents is 4. The van der Waals surface area contributed by atoms with Crippen LogP contribution in [0, 0.1) is 40.5 Å². The lowest BCUT2D eigenvalue weighted by Crippen LogP contribution is -2.09. The first-order valence-electron chi connectivity index (χ1n) is 6.54. The van der Waals surface area contributed by atoms with E-state index in [0.29, 0.717) is 24.3 Å². The van der Waals surface area contributed by atoms with E-state index in [1.807, 2.05) is 0 Å². The van der Waals surface area contributed by atoms with Crippen LogP contribution in [0.4, 0.5) is 22.7 Å². The summed E-state index contributed by atoms with van der Waals surface area (Å²) in [5.41, 5.74) is -4.58. The molecule has 0 aliphatic rings. The van der Waals surface area contributed by atoms with Crippen LogP contribution in [0.25, 0.3) is 0 Å². The van der Waals surface area contributed by atoms with Gasteiger partial charge in [-0.1, -0.05) is 0 Å². The van der Waals surface area contributed by atoms with Gasteiger partial charge in [0.05, 0.1) is 19.7 Å². The molecule has 2 aromatic rings. The number of nitro groups is 4. The fourth-order valence-corrected chi connectivity index (χ4v) is 2.10. The molecule has 0 atom stereocenters. The maximum absolute atomic E-state index is 12.6. The molecule has 0 N–H and O–H groups in total. The zero-order chi connectivity index (χ0) is 19.6. The fourth-order valence-electron chi connectivity index (χ4n) is 2.10. The highest BCUT2D eigenvalue weighted by Crippen LogP contribution is 2.31. The average Bonchev–Trinajstić information content (AvgIpc) is 2.59.